The van der Waals surface area contributed by atoms with E-state index in [9.17, 15) is 4.79 Å². The van der Waals surface area contributed by atoms with Crippen LogP contribution in [0.1, 0.15) is 16.7 Å². The second-order valence-electron chi connectivity index (χ2n) is 5.77. The minimum Gasteiger partial charge on any atom is -0.493 e. The molecule has 2 rings (SSSR count). The van der Waals surface area contributed by atoms with E-state index < -0.39 is 0 Å². The largest absolute Gasteiger partial charge is 0.493 e. The molecular formula is C20H22N2O3S. The molecule has 136 valence electrons. The predicted molar refractivity (Wildman–Crippen MR) is 109 cm³/mol. The summed E-state index contributed by atoms with van der Waals surface area (Å²) in [5.74, 6) is 0.914. The molecule has 0 unspecified atom stereocenters. The number of hydrogen-bond acceptors (Lipinski definition) is 4. The zero-order valence-corrected chi connectivity index (χ0v) is 16.1. The Bertz CT molecular complexity index is 827. The zero-order chi connectivity index (χ0) is 19.1. The summed E-state index contributed by atoms with van der Waals surface area (Å²) in [6, 6.07) is 11.4. The van der Waals surface area contributed by atoms with Crippen LogP contribution in [-0.2, 0) is 4.79 Å². The van der Waals surface area contributed by atoms with Gasteiger partial charge in [0.15, 0.2) is 16.6 Å². The fourth-order valence-corrected chi connectivity index (χ4v) is 2.71. The molecule has 2 N–H and O–H groups in total. The third kappa shape index (κ3) is 5.60. The zero-order valence-electron chi connectivity index (χ0n) is 15.3. The smallest absolute Gasteiger partial charge is 0.250 e. The summed E-state index contributed by atoms with van der Waals surface area (Å²) in [5, 5.41) is 5.89. The number of rotatable bonds is 5. The predicted octanol–water partition coefficient (Wildman–Crippen LogP) is 3.85. The molecule has 6 heteroatoms. The lowest BCUT2D eigenvalue weighted by molar-refractivity contribution is -0.115. The van der Waals surface area contributed by atoms with Gasteiger partial charge in [-0.25, -0.2) is 0 Å². The third-order valence-electron chi connectivity index (χ3n) is 3.55. The lowest BCUT2D eigenvalue weighted by Crippen LogP contribution is -2.32. The molecule has 2 aromatic carbocycles. The van der Waals surface area contributed by atoms with Crippen LogP contribution in [0.15, 0.2) is 42.5 Å². The molecule has 0 saturated carbocycles. The standard InChI is InChI=1S/C20H22N2O3S/c1-13-9-14(2)11-16(10-13)21-20(26)22-19(23)8-6-15-5-7-17(24-3)18(12-15)25-4/h5-12H,1-4H3,(H2,21,22,23,26)/b8-6+. The van der Waals surface area contributed by atoms with E-state index in [2.05, 4.69) is 16.7 Å². The van der Waals surface area contributed by atoms with Gasteiger partial charge < -0.3 is 14.8 Å². The number of thiocarbonyl (C=S) groups is 1. The van der Waals surface area contributed by atoms with Crippen molar-refractivity contribution in [3.8, 4) is 11.5 Å². The molecule has 0 aliphatic heterocycles. The molecule has 0 aliphatic rings. The van der Waals surface area contributed by atoms with E-state index >= 15 is 0 Å². The number of carbonyl (C=O) groups is 1. The third-order valence-corrected chi connectivity index (χ3v) is 3.76. The van der Waals surface area contributed by atoms with E-state index in [4.69, 9.17) is 21.7 Å². The normalized spacial score (nSPS) is 10.5. The van der Waals surface area contributed by atoms with Crippen LogP contribution >= 0.6 is 12.2 Å². The molecule has 0 fully saturated rings. The highest BCUT2D eigenvalue weighted by Crippen LogP contribution is 2.27. The van der Waals surface area contributed by atoms with Crippen molar-refractivity contribution in [2.75, 3.05) is 19.5 Å². The summed E-state index contributed by atoms with van der Waals surface area (Å²) in [6.07, 6.45) is 3.09. The van der Waals surface area contributed by atoms with E-state index in [1.54, 1.807) is 32.4 Å². The van der Waals surface area contributed by atoms with Crippen LogP contribution in [-0.4, -0.2) is 25.2 Å². The van der Waals surface area contributed by atoms with Crippen LogP contribution in [0.2, 0.25) is 0 Å². The van der Waals surface area contributed by atoms with Gasteiger partial charge in [-0.3, -0.25) is 10.1 Å². The molecule has 1 amide bonds. The Kier molecular flexibility index (Phi) is 6.74. The number of aryl methyl sites for hydroxylation is 2. The van der Waals surface area contributed by atoms with Gasteiger partial charge in [0.1, 0.15) is 0 Å². The lowest BCUT2D eigenvalue weighted by Gasteiger charge is -2.10. The number of carbonyl (C=O) groups excluding carboxylic acids is 1. The molecule has 26 heavy (non-hydrogen) atoms. The molecule has 0 aromatic heterocycles. The number of amides is 1. The summed E-state index contributed by atoms with van der Waals surface area (Å²) in [4.78, 5) is 12.0. The first-order valence-corrected chi connectivity index (χ1v) is 8.42. The molecule has 5 nitrogen and oxygen atoms in total. The quantitative estimate of drug-likeness (QED) is 0.618. The highest BCUT2D eigenvalue weighted by molar-refractivity contribution is 7.80. The molecule has 0 radical (unpaired) electrons. The highest BCUT2D eigenvalue weighted by atomic mass is 32.1. The van der Waals surface area contributed by atoms with Gasteiger partial charge in [-0.05, 0) is 73.1 Å². The van der Waals surface area contributed by atoms with Gasteiger partial charge in [-0.15, -0.1) is 0 Å². The summed E-state index contributed by atoms with van der Waals surface area (Å²) in [5.41, 5.74) is 3.90. The van der Waals surface area contributed by atoms with Crippen LogP contribution in [0.5, 0.6) is 11.5 Å². The second-order valence-corrected chi connectivity index (χ2v) is 6.18. The minimum absolute atomic E-state index is 0.247. The second kappa shape index (κ2) is 9.01. The number of ether oxygens (including phenoxy) is 2. The van der Waals surface area contributed by atoms with Crippen LogP contribution in [0.3, 0.4) is 0 Å². The van der Waals surface area contributed by atoms with Crippen LogP contribution < -0.4 is 20.1 Å². The average molecular weight is 370 g/mol. The average Bonchev–Trinajstić information content (AvgIpc) is 2.58. The fourth-order valence-electron chi connectivity index (χ4n) is 2.49. The molecule has 0 atom stereocenters. The number of methoxy groups -OCH3 is 2. The van der Waals surface area contributed by atoms with Gasteiger partial charge in [0.2, 0.25) is 5.91 Å². The van der Waals surface area contributed by atoms with Gasteiger partial charge in [0.25, 0.3) is 0 Å². The van der Waals surface area contributed by atoms with Crippen molar-refractivity contribution >= 4 is 35.0 Å². The molecule has 0 aliphatic carbocycles. The van der Waals surface area contributed by atoms with Crippen LogP contribution in [0, 0.1) is 13.8 Å². The van der Waals surface area contributed by atoms with Crippen LogP contribution in [0.25, 0.3) is 6.08 Å². The monoisotopic (exact) mass is 370 g/mol. The van der Waals surface area contributed by atoms with Crippen molar-refractivity contribution in [2.45, 2.75) is 13.8 Å². The Morgan fingerprint density at radius 2 is 1.65 bits per heavy atom. The maximum absolute atomic E-state index is 12.0. The first-order chi connectivity index (χ1) is 12.4. The van der Waals surface area contributed by atoms with Crippen molar-refractivity contribution in [1.82, 2.24) is 5.32 Å². The van der Waals surface area contributed by atoms with Crippen molar-refractivity contribution in [3.63, 3.8) is 0 Å². The highest BCUT2D eigenvalue weighted by Gasteiger charge is 2.05. The van der Waals surface area contributed by atoms with Gasteiger partial charge in [0.05, 0.1) is 14.2 Å². The number of nitrogens with one attached hydrogen (secondary N) is 2. The number of hydrogen-bond donors (Lipinski definition) is 2. The van der Waals surface area contributed by atoms with E-state index in [1.807, 2.05) is 32.0 Å². The Hall–Kier alpha value is -2.86. The Labute approximate surface area is 159 Å². The maximum atomic E-state index is 12.0. The molecule has 0 saturated heterocycles. The van der Waals surface area contributed by atoms with Crippen molar-refractivity contribution in [2.24, 2.45) is 0 Å². The summed E-state index contributed by atoms with van der Waals surface area (Å²) >= 11 is 5.19. The Morgan fingerprint density at radius 3 is 2.27 bits per heavy atom. The number of benzene rings is 2. The first kappa shape index (κ1) is 19.5. The van der Waals surface area contributed by atoms with E-state index in [0.29, 0.717) is 11.5 Å². The summed E-state index contributed by atoms with van der Waals surface area (Å²) < 4.78 is 10.4. The van der Waals surface area contributed by atoms with E-state index in [0.717, 1.165) is 22.4 Å². The summed E-state index contributed by atoms with van der Waals surface area (Å²) in [7, 11) is 3.14. The van der Waals surface area contributed by atoms with Gasteiger partial charge in [0, 0.05) is 11.8 Å². The number of anilines is 1. The Balaban J connectivity index is 1.97. The maximum Gasteiger partial charge on any atom is 0.250 e. The van der Waals surface area contributed by atoms with E-state index in [-0.39, 0.29) is 11.0 Å². The fraction of sp³-hybridized carbons (Fsp3) is 0.200. The first-order valence-electron chi connectivity index (χ1n) is 8.01. The summed E-state index contributed by atoms with van der Waals surface area (Å²) in [6.45, 7) is 4.01. The molecular weight excluding hydrogens is 348 g/mol. The molecule has 2 aromatic rings. The van der Waals surface area contributed by atoms with Gasteiger partial charge in [-0.2, -0.15) is 0 Å². The molecule has 0 heterocycles. The topological polar surface area (TPSA) is 59.6 Å². The minimum atomic E-state index is -0.318. The SMILES string of the molecule is COc1ccc(/C=C/C(=O)NC(=S)Nc2cc(C)cc(C)c2)cc1OC. The molecule has 0 bridgehead atoms. The van der Waals surface area contributed by atoms with Gasteiger partial charge in [-0.1, -0.05) is 12.1 Å². The van der Waals surface area contributed by atoms with E-state index in [1.165, 1.54) is 6.08 Å². The van der Waals surface area contributed by atoms with Crippen molar-refractivity contribution in [3.05, 3.63) is 59.2 Å². The van der Waals surface area contributed by atoms with Crippen molar-refractivity contribution < 1.29 is 14.3 Å². The van der Waals surface area contributed by atoms with Crippen molar-refractivity contribution in [1.29, 1.82) is 0 Å². The Morgan fingerprint density at radius 1 is 1.00 bits per heavy atom. The van der Waals surface area contributed by atoms with Gasteiger partial charge >= 0.3 is 0 Å². The van der Waals surface area contributed by atoms with Crippen LogP contribution in [0.4, 0.5) is 5.69 Å². The lowest BCUT2D eigenvalue weighted by atomic mass is 10.1. The molecule has 0 spiro atoms.